The molecular weight excluding hydrogens is 280 g/mol. The molecular formula is C13H26N2O4S. The van der Waals surface area contributed by atoms with Crippen LogP contribution < -0.4 is 0 Å². The number of piperidine rings is 2. The molecule has 0 bridgehead atoms. The molecule has 1 unspecified atom stereocenters. The van der Waals surface area contributed by atoms with Crippen molar-refractivity contribution in [2.45, 2.75) is 38.7 Å². The zero-order valence-electron chi connectivity index (χ0n) is 12.2. The van der Waals surface area contributed by atoms with Gasteiger partial charge in [-0.3, -0.25) is 0 Å². The van der Waals surface area contributed by atoms with Crippen molar-refractivity contribution >= 4 is 10.2 Å². The summed E-state index contributed by atoms with van der Waals surface area (Å²) in [4.78, 5) is 0. The molecule has 0 aromatic carbocycles. The zero-order valence-corrected chi connectivity index (χ0v) is 13.0. The van der Waals surface area contributed by atoms with Crippen LogP contribution in [-0.4, -0.2) is 67.6 Å². The van der Waals surface area contributed by atoms with Crippen LogP contribution in [0.1, 0.15) is 32.6 Å². The Bertz CT molecular complexity index is 391. The summed E-state index contributed by atoms with van der Waals surface area (Å²) in [5.74, 6) is 0.249. The molecule has 7 heteroatoms. The molecule has 0 spiro atoms. The fourth-order valence-electron chi connectivity index (χ4n) is 2.97. The Kier molecular flexibility index (Phi) is 5.80. The SMILES string of the molecule is CCOC1CCCN(S(=O)(=O)N2CCC(CO)CC2)C1. The first-order valence-electron chi connectivity index (χ1n) is 7.55. The molecule has 118 valence electrons. The third kappa shape index (κ3) is 3.71. The van der Waals surface area contributed by atoms with E-state index >= 15 is 0 Å². The van der Waals surface area contributed by atoms with Gasteiger partial charge in [0.1, 0.15) is 0 Å². The van der Waals surface area contributed by atoms with Crippen LogP contribution in [0.4, 0.5) is 0 Å². The lowest BCUT2D eigenvalue weighted by Crippen LogP contribution is -2.51. The first kappa shape index (κ1) is 16.2. The van der Waals surface area contributed by atoms with E-state index in [0.717, 1.165) is 25.7 Å². The topological polar surface area (TPSA) is 70.1 Å². The highest BCUT2D eigenvalue weighted by atomic mass is 32.2. The van der Waals surface area contributed by atoms with Crippen molar-refractivity contribution in [3.8, 4) is 0 Å². The summed E-state index contributed by atoms with van der Waals surface area (Å²) < 4.78 is 33.9. The van der Waals surface area contributed by atoms with Gasteiger partial charge in [0.05, 0.1) is 6.10 Å². The summed E-state index contributed by atoms with van der Waals surface area (Å²) in [5.41, 5.74) is 0. The van der Waals surface area contributed by atoms with Crippen LogP contribution in [0.3, 0.4) is 0 Å². The fourth-order valence-corrected chi connectivity index (χ4v) is 4.69. The van der Waals surface area contributed by atoms with Gasteiger partial charge in [-0.05, 0) is 38.5 Å². The summed E-state index contributed by atoms with van der Waals surface area (Å²) in [6.07, 6.45) is 3.32. The molecule has 2 heterocycles. The highest BCUT2D eigenvalue weighted by molar-refractivity contribution is 7.86. The summed E-state index contributed by atoms with van der Waals surface area (Å²) in [6.45, 7) is 4.81. The third-order valence-corrected chi connectivity index (χ3v) is 6.23. The predicted octanol–water partition coefficient (Wildman–Crippen LogP) is 0.436. The number of ether oxygens (including phenoxy) is 1. The van der Waals surface area contributed by atoms with E-state index in [0.29, 0.717) is 32.8 Å². The van der Waals surface area contributed by atoms with Crippen molar-refractivity contribution in [1.82, 2.24) is 8.61 Å². The molecule has 0 amide bonds. The van der Waals surface area contributed by atoms with Gasteiger partial charge in [0.25, 0.3) is 10.2 Å². The van der Waals surface area contributed by atoms with Crippen LogP contribution in [0.15, 0.2) is 0 Å². The second-order valence-corrected chi connectivity index (χ2v) is 7.54. The number of hydrogen-bond donors (Lipinski definition) is 1. The van der Waals surface area contributed by atoms with Crippen molar-refractivity contribution in [3.05, 3.63) is 0 Å². The average Bonchev–Trinajstić information content (AvgIpc) is 2.48. The van der Waals surface area contributed by atoms with E-state index in [4.69, 9.17) is 9.84 Å². The van der Waals surface area contributed by atoms with Crippen LogP contribution in [-0.2, 0) is 14.9 Å². The lowest BCUT2D eigenvalue weighted by atomic mass is 10.00. The number of rotatable bonds is 5. The van der Waals surface area contributed by atoms with Crippen LogP contribution in [0.5, 0.6) is 0 Å². The molecule has 1 atom stereocenters. The van der Waals surface area contributed by atoms with Crippen molar-refractivity contribution in [2.24, 2.45) is 5.92 Å². The van der Waals surface area contributed by atoms with Crippen LogP contribution in [0.2, 0.25) is 0 Å². The number of nitrogens with zero attached hydrogens (tertiary/aromatic N) is 2. The molecule has 0 saturated carbocycles. The van der Waals surface area contributed by atoms with Crippen molar-refractivity contribution in [1.29, 1.82) is 0 Å². The molecule has 2 rings (SSSR count). The molecule has 0 aliphatic carbocycles. The van der Waals surface area contributed by atoms with E-state index in [-0.39, 0.29) is 18.6 Å². The smallest absolute Gasteiger partial charge is 0.282 e. The summed E-state index contributed by atoms with van der Waals surface area (Å²) in [6, 6.07) is 0. The Morgan fingerprint density at radius 1 is 1.15 bits per heavy atom. The molecule has 1 N–H and O–H groups in total. The van der Waals surface area contributed by atoms with Crippen molar-refractivity contribution < 1.29 is 18.3 Å². The zero-order chi connectivity index (χ0) is 14.6. The number of hydrogen-bond acceptors (Lipinski definition) is 4. The molecule has 0 radical (unpaired) electrons. The monoisotopic (exact) mass is 306 g/mol. The van der Waals surface area contributed by atoms with Gasteiger partial charge in [-0.25, -0.2) is 0 Å². The van der Waals surface area contributed by atoms with Crippen LogP contribution in [0, 0.1) is 5.92 Å². The first-order valence-corrected chi connectivity index (χ1v) is 8.95. The van der Waals surface area contributed by atoms with Gasteiger partial charge in [0.15, 0.2) is 0 Å². The highest BCUT2D eigenvalue weighted by Gasteiger charge is 2.35. The predicted molar refractivity (Wildman–Crippen MR) is 76.5 cm³/mol. The summed E-state index contributed by atoms with van der Waals surface area (Å²) in [7, 11) is -3.36. The largest absolute Gasteiger partial charge is 0.396 e. The Morgan fingerprint density at radius 3 is 2.45 bits per heavy atom. The maximum atomic E-state index is 12.6. The van der Waals surface area contributed by atoms with E-state index in [9.17, 15) is 8.42 Å². The lowest BCUT2D eigenvalue weighted by molar-refractivity contribution is 0.0247. The maximum absolute atomic E-state index is 12.6. The van der Waals surface area contributed by atoms with Gasteiger partial charge in [0.2, 0.25) is 0 Å². The van der Waals surface area contributed by atoms with Crippen LogP contribution >= 0.6 is 0 Å². The molecule has 20 heavy (non-hydrogen) atoms. The van der Waals surface area contributed by atoms with Gasteiger partial charge >= 0.3 is 0 Å². The standard InChI is InChI=1S/C13H26N2O4S/c1-2-19-13-4-3-7-15(10-13)20(17,18)14-8-5-12(11-16)6-9-14/h12-13,16H,2-11H2,1H3. The number of aliphatic hydroxyl groups is 1. The molecule has 6 nitrogen and oxygen atoms in total. The van der Waals surface area contributed by atoms with Crippen LogP contribution in [0.25, 0.3) is 0 Å². The summed E-state index contributed by atoms with van der Waals surface area (Å²) >= 11 is 0. The minimum atomic E-state index is -3.36. The van der Waals surface area contributed by atoms with Gasteiger partial charge in [-0.2, -0.15) is 17.0 Å². The second kappa shape index (κ2) is 7.17. The molecule has 2 fully saturated rings. The van der Waals surface area contributed by atoms with Gasteiger partial charge in [-0.1, -0.05) is 0 Å². The Labute approximate surface area is 121 Å². The van der Waals surface area contributed by atoms with Gasteiger partial charge in [-0.15, -0.1) is 0 Å². The number of aliphatic hydroxyl groups excluding tert-OH is 1. The van der Waals surface area contributed by atoms with Gasteiger partial charge in [0, 0.05) is 39.4 Å². The molecule has 0 aromatic rings. The van der Waals surface area contributed by atoms with E-state index in [2.05, 4.69) is 0 Å². The third-order valence-electron chi connectivity index (χ3n) is 4.23. The molecule has 2 aliphatic rings. The normalized spacial score (nSPS) is 27.8. The minimum absolute atomic E-state index is 0.0264. The van der Waals surface area contributed by atoms with Gasteiger partial charge < -0.3 is 9.84 Å². The lowest BCUT2D eigenvalue weighted by Gasteiger charge is -2.37. The Morgan fingerprint density at radius 2 is 1.85 bits per heavy atom. The van der Waals surface area contributed by atoms with E-state index in [1.165, 1.54) is 0 Å². The molecule has 0 aromatic heterocycles. The Balaban J connectivity index is 1.96. The Hall–Kier alpha value is -0.210. The fraction of sp³-hybridized carbons (Fsp3) is 1.00. The van der Waals surface area contributed by atoms with E-state index in [1.54, 1.807) is 8.61 Å². The highest BCUT2D eigenvalue weighted by Crippen LogP contribution is 2.24. The van der Waals surface area contributed by atoms with E-state index in [1.807, 2.05) is 6.92 Å². The second-order valence-electron chi connectivity index (χ2n) is 5.61. The average molecular weight is 306 g/mol. The summed E-state index contributed by atoms with van der Waals surface area (Å²) in [5, 5.41) is 9.13. The first-order chi connectivity index (χ1) is 9.57. The minimum Gasteiger partial charge on any atom is -0.396 e. The molecule has 2 saturated heterocycles. The molecule has 2 aliphatic heterocycles. The maximum Gasteiger partial charge on any atom is 0.282 e. The van der Waals surface area contributed by atoms with Crippen molar-refractivity contribution in [2.75, 3.05) is 39.4 Å². The van der Waals surface area contributed by atoms with E-state index < -0.39 is 10.2 Å². The quantitative estimate of drug-likeness (QED) is 0.800. The van der Waals surface area contributed by atoms with Crippen molar-refractivity contribution in [3.63, 3.8) is 0 Å².